The molecule has 39 heteroatoms. The van der Waals surface area contributed by atoms with Gasteiger partial charge in [-0.3, -0.25) is 33.6 Å². The number of aliphatic hydroxyl groups excluding tert-OH is 4. The summed E-state index contributed by atoms with van der Waals surface area (Å²) >= 11 is 0. The minimum atomic E-state index is -0.937. The summed E-state index contributed by atoms with van der Waals surface area (Å²) in [5.41, 5.74) is 3.69. The Hall–Kier alpha value is -9.27. The summed E-state index contributed by atoms with van der Waals surface area (Å²) in [4.78, 5) is 126. The number of ether oxygens (including phenoxy) is 12. The van der Waals surface area contributed by atoms with Crippen LogP contribution in [-0.4, -0.2) is 276 Å². The third-order valence-electron chi connectivity index (χ3n) is 25.8. The zero-order valence-corrected chi connectivity index (χ0v) is 86.3. The third kappa shape index (κ3) is 26.4. The van der Waals surface area contributed by atoms with Crippen molar-refractivity contribution in [1.82, 2.24) is 58.1 Å². The molecule has 39 nitrogen and oxygen atoms in total. The fourth-order valence-electron chi connectivity index (χ4n) is 18.6. The Balaban J connectivity index is 0.000000206. The molecule has 4 amide bonds. The molecule has 4 saturated heterocycles. The van der Waals surface area contributed by atoms with Gasteiger partial charge in [0.25, 0.3) is 0 Å². The molecule has 0 bridgehead atoms. The Bertz CT molecular complexity index is 5440. The van der Waals surface area contributed by atoms with Gasteiger partial charge in [0.1, 0.15) is 144 Å². The number of carbonyl (C=O) groups is 7. The number of amides is 4. The van der Waals surface area contributed by atoms with E-state index in [9.17, 15) is 54.0 Å². The number of methoxy groups -OCH3 is 8. The van der Waals surface area contributed by atoms with Crippen molar-refractivity contribution in [1.29, 1.82) is 0 Å². The lowest BCUT2D eigenvalue weighted by molar-refractivity contribution is -0.123. The molecular formula is C99H152N16O23. The van der Waals surface area contributed by atoms with Crippen LogP contribution >= 0.6 is 0 Å². The van der Waals surface area contributed by atoms with Crippen molar-refractivity contribution in [2.24, 2.45) is 69.5 Å². The van der Waals surface area contributed by atoms with Gasteiger partial charge in [-0.25, -0.2) is 39.9 Å². The average Bonchev–Trinajstić information content (AvgIpc) is 1.65. The van der Waals surface area contributed by atoms with E-state index >= 15 is 0 Å². The second kappa shape index (κ2) is 48.5. The molecule has 0 radical (unpaired) electrons. The van der Waals surface area contributed by atoms with Crippen LogP contribution in [0.2, 0.25) is 0 Å². The van der Waals surface area contributed by atoms with E-state index < -0.39 is 98.2 Å². The van der Waals surface area contributed by atoms with Crippen LogP contribution in [0.5, 0.6) is 0 Å². The molecule has 0 saturated carbocycles. The maximum atomic E-state index is 13.5. The smallest absolute Gasteiger partial charge is 0.228 e. The van der Waals surface area contributed by atoms with E-state index in [0.717, 1.165) is 30.2 Å². The SMILES string of the molecule is CCC(C)C(CC(C)(C)C)C(=O)Nc1ncnc2c1c(C(C)=O)cn2[C@@H]1O[C@H](COC)C(O)[C@@H]1OC.COC[C@H]1O[C@@H](n2cc(C(C)=O)c3c(NC(=O)C(CC(C)(C)C)C(C)C)ncnc32)[C@@H](OC)C1O.COC[C@H]1O[C@@H](n2cc(C(C)=O)c3c(NC(=O)C(CC(C)C)C(C)C)ncnc32)[C@@H](OC)C1O.COC[C@H]1O[C@@H](n2cc(C)c3c(NC(=O)C(CC(C)(C)C)C(C)C)ncnc32)[C@@H](OC)C1O. The summed E-state index contributed by atoms with van der Waals surface area (Å²) in [6.45, 7) is 46.7. The molecule has 12 rings (SSSR count). The number of carbonyl (C=O) groups excluding carboxylic acids is 7. The summed E-state index contributed by atoms with van der Waals surface area (Å²) in [5, 5.41) is 56.6. The first-order valence-electron chi connectivity index (χ1n) is 47.5. The molecule has 8 N–H and O–H groups in total. The largest absolute Gasteiger partial charge is 0.387 e. The first kappa shape index (κ1) is 112. The molecule has 4 aliphatic heterocycles. The lowest BCUT2D eigenvalue weighted by Gasteiger charge is -2.29. The maximum Gasteiger partial charge on any atom is 0.228 e. The Kier molecular flexibility index (Phi) is 39.5. The standard InChI is InChI=1S/C26H40N4O6.C25H38N4O6.C24H36N4O6.C24H38N4O5/c1-9-14(2)16(10-26(4,5)6)24(33)29-22-19-17(15(3)31)11-30(23(19)28-13-27-22)25-21(35-8)20(32)18(36-25)12-34-7;1-13(2)15(9-25(4,5)6)23(32)28-21-18-16(14(3)30)10-29(22(18)27-12-26-21)24-20(34-8)19(31)17(35-24)11-33-7;1-12(2)8-15(13(3)4)23(31)27-21-18-16(14(5)29)9-28(22(18)26-11-25-21)24-20(33-7)19(30)17(34-24)10-32-6;1-13(2)15(9-24(4,5)6)22(30)27-20-17-14(3)10-28(21(17)26-12-25-20)23-19(32-8)18(29)16(33-23)11-31-7/h11,13-14,16,18,20-21,25,32H,9-10,12H2,1-8H3,(H,27,28,29,33);10,12-13,15,17,19-20,24,31H,9,11H2,1-8H3,(H,26,27,28,32);9,11-13,15,17,19-20,24,30H,8,10H2,1-7H3,(H,25,26,27,31);10,12-13,15-16,18-19,23,29H,9,11H2,1-8H3,(H,25,26,27,30)/t14?,16?,18-,20?,21+,25-;2*15?,17-,19?,20+,24-;15?,16-,18?,19+,23-/m1111/s1. The fourth-order valence-corrected chi connectivity index (χ4v) is 18.6. The lowest BCUT2D eigenvalue weighted by Crippen LogP contribution is -2.35. The quantitative estimate of drug-likeness (QED) is 0.0168. The first-order valence-corrected chi connectivity index (χ1v) is 47.5. The summed E-state index contributed by atoms with van der Waals surface area (Å²) < 4.78 is 73.9. The van der Waals surface area contributed by atoms with Crippen LogP contribution in [0.4, 0.5) is 23.3 Å². The Morgan fingerprint density at radius 3 is 0.841 bits per heavy atom. The fraction of sp³-hybridized carbons (Fsp3) is 0.687. The zero-order valence-electron chi connectivity index (χ0n) is 86.3. The summed E-state index contributed by atoms with van der Waals surface area (Å²) in [7, 11) is 12.1. The molecular weight excluding hydrogens is 1780 g/mol. The van der Waals surface area contributed by atoms with Crippen molar-refractivity contribution in [3.8, 4) is 0 Å². The predicted octanol–water partition coefficient (Wildman–Crippen LogP) is 12.9. The second-order valence-corrected chi connectivity index (χ2v) is 41.7. The number of nitrogens with zero attached hydrogens (tertiary/aromatic N) is 12. The molecule has 766 valence electrons. The van der Waals surface area contributed by atoms with Gasteiger partial charge in [0.05, 0.1) is 48.0 Å². The van der Waals surface area contributed by atoms with Gasteiger partial charge >= 0.3 is 0 Å². The van der Waals surface area contributed by atoms with Crippen LogP contribution in [0.3, 0.4) is 0 Å². The molecule has 0 spiro atoms. The van der Waals surface area contributed by atoms with Crippen LogP contribution in [0, 0.1) is 76.4 Å². The van der Waals surface area contributed by atoms with E-state index in [1.165, 1.54) is 88.7 Å². The number of aromatic nitrogens is 12. The number of aliphatic hydroxyl groups is 4. The topological polar surface area (TPSA) is 482 Å². The van der Waals surface area contributed by atoms with E-state index in [-0.39, 0.29) is 148 Å². The number of aryl methyl sites for hydroxylation is 1. The molecule has 4 aliphatic rings. The van der Waals surface area contributed by atoms with Crippen LogP contribution in [0.1, 0.15) is 246 Å². The van der Waals surface area contributed by atoms with Gasteiger partial charge in [-0.2, -0.15) is 0 Å². The van der Waals surface area contributed by atoms with Gasteiger partial charge in [0, 0.05) is 122 Å². The minimum Gasteiger partial charge on any atom is -0.387 e. The van der Waals surface area contributed by atoms with Gasteiger partial charge in [-0.05, 0) is 105 Å². The molecule has 21 atom stereocenters. The number of Topliss-reactive ketones (excluding diaryl/α,β-unsaturated/α-hetero) is 3. The Morgan fingerprint density at radius 2 is 0.609 bits per heavy atom. The number of ketones is 3. The van der Waals surface area contributed by atoms with Gasteiger partial charge in [0.15, 0.2) is 42.3 Å². The van der Waals surface area contributed by atoms with Crippen LogP contribution in [-0.2, 0) is 76.0 Å². The summed E-state index contributed by atoms with van der Waals surface area (Å²) in [6, 6.07) is 0. The van der Waals surface area contributed by atoms with Crippen molar-refractivity contribution in [3.05, 3.63) is 72.4 Å². The highest BCUT2D eigenvalue weighted by Gasteiger charge is 2.51. The van der Waals surface area contributed by atoms with E-state index in [2.05, 4.69) is 165 Å². The van der Waals surface area contributed by atoms with Crippen molar-refractivity contribution in [3.63, 3.8) is 0 Å². The van der Waals surface area contributed by atoms with Crippen molar-refractivity contribution >= 4 is 108 Å². The van der Waals surface area contributed by atoms with Crippen LogP contribution in [0.15, 0.2) is 50.1 Å². The van der Waals surface area contributed by atoms with E-state index in [1.54, 1.807) is 46.5 Å². The normalized spacial score (nSPS) is 24.0. The molecule has 0 aliphatic carbocycles. The van der Waals surface area contributed by atoms with Gasteiger partial charge in [-0.15, -0.1) is 0 Å². The molecule has 0 aromatic carbocycles. The summed E-state index contributed by atoms with van der Waals surface area (Å²) in [5.74, 6) is 0.374. The van der Waals surface area contributed by atoms with Crippen LogP contribution < -0.4 is 21.3 Å². The number of fused-ring (bicyclic) bond motifs is 4. The molecule has 8 aromatic rings. The number of hydrogen-bond donors (Lipinski definition) is 8. The van der Waals surface area contributed by atoms with E-state index in [1.807, 2.05) is 45.4 Å². The van der Waals surface area contributed by atoms with Gasteiger partial charge in [-0.1, -0.05) is 138 Å². The molecule has 9 unspecified atom stereocenters. The maximum absolute atomic E-state index is 13.5. The predicted molar refractivity (Wildman–Crippen MR) is 519 cm³/mol. The highest BCUT2D eigenvalue weighted by atomic mass is 16.6. The minimum absolute atomic E-state index is 0.0288. The van der Waals surface area contributed by atoms with Gasteiger partial charge < -0.3 is 117 Å². The number of hydrogen-bond acceptors (Lipinski definition) is 31. The van der Waals surface area contributed by atoms with Gasteiger partial charge in [0.2, 0.25) is 23.6 Å². The summed E-state index contributed by atoms with van der Waals surface area (Å²) in [6.07, 6.45) is 4.41. The van der Waals surface area contributed by atoms with Crippen LogP contribution in [0.25, 0.3) is 44.1 Å². The lowest BCUT2D eigenvalue weighted by atomic mass is 9.78. The van der Waals surface area contributed by atoms with E-state index in [0.29, 0.717) is 80.0 Å². The number of nitrogens with one attached hydrogen (secondary N) is 4. The van der Waals surface area contributed by atoms with Crippen molar-refractivity contribution in [2.75, 3.05) is 105 Å². The third-order valence-corrected chi connectivity index (χ3v) is 25.8. The highest BCUT2D eigenvalue weighted by Crippen LogP contribution is 2.45. The zero-order chi connectivity index (χ0) is 103. The monoisotopic (exact) mass is 1930 g/mol. The molecule has 12 heterocycles. The van der Waals surface area contributed by atoms with E-state index in [4.69, 9.17) is 56.8 Å². The number of anilines is 4. The first-order chi connectivity index (χ1) is 64.9. The molecule has 4 fully saturated rings. The van der Waals surface area contributed by atoms with Crippen molar-refractivity contribution < 1.29 is 111 Å². The van der Waals surface area contributed by atoms with Crippen molar-refractivity contribution in [2.45, 2.75) is 290 Å². The molecule has 8 aromatic heterocycles. The number of rotatable bonds is 37. The molecule has 138 heavy (non-hydrogen) atoms. The Morgan fingerprint density at radius 1 is 0.370 bits per heavy atom. The second-order valence-electron chi connectivity index (χ2n) is 41.7. The highest BCUT2D eigenvalue weighted by molar-refractivity contribution is 6.14. The average molecular weight is 1930 g/mol. The Labute approximate surface area is 809 Å².